The molecule has 114 valence electrons. The van der Waals surface area contributed by atoms with Gasteiger partial charge in [-0.15, -0.1) is 0 Å². The van der Waals surface area contributed by atoms with Crippen LogP contribution in [0.1, 0.15) is 12.5 Å². The molecule has 0 aliphatic carbocycles. The fraction of sp³-hybridized carbons (Fsp3) is 0.375. The SMILES string of the molecule is COCCN(CC(C)C(=O)O)C(=O)/C=C/c1ccccc1. The van der Waals surface area contributed by atoms with Crippen molar-refractivity contribution in [3.8, 4) is 0 Å². The molecule has 0 spiro atoms. The first-order valence-corrected chi connectivity index (χ1v) is 6.78. The van der Waals surface area contributed by atoms with Gasteiger partial charge in [0.25, 0.3) is 0 Å². The summed E-state index contributed by atoms with van der Waals surface area (Å²) in [6.07, 6.45) is 3.17. The van der Waals surface area contributed by atoms with Crippen LogP contribution in [-0.4, -0.2) is 48.7 Å². The normalized spacial score (nSPS) is 12.3. The van der Waals surface area contributed by atoms with Crippen molar-refractivity contribution in [2.24, 2.45) is 5.92 Å². The fourth-order valence-electron chi connectivity index (χ4n) is 1.74. The first-order chi connectivity index (χ1) is 10.0. The van der Waals surface area contributed by atoms with Crippen LogP contribution in [0.2, 0.25) is 0 Å². The number of benzene rings is 1. The van der Waals surface area contributed by atoms with Crippen molar-refractivity contribution in [3.05, 3.63) is 42.0 Å². The Morgan fingerprint density at radius 3 is 2.57 bits per heavy atom. The summed E-state index contributed by atoms with van der Waals surface area (Å²) in [5, 5.41) is 8.96. The average Bonchev–Trinajstić information content (AvgIpc) is 2.49. The van der Waals surface area contributed by atoms with E-state index in [-0.39, 0.29) is 12.5 Å². The maximum absolute atomic E-state index is 12.2. The molecule has 0 saturated heterocycles. The average molecular weight is 291 g/mol. The Labute approximate surface area is 124 Å². The Balaban J connectivity index is 2.70. The molecule has 0 aliphatic rings. The highest BCUT2D eigenvalue weighted by Crippen LogP contribution is 2.05. The van der Waals surface area contributed by atoms with Crippen LogP contribution in [0.3, 0.4) is 0 Å². The third-order valence-corrected chi connectivity index (χ3v) is 3.01. The van der Waals surface area contributed by atoms with Gasteiger partial charge >= 0.3 is 5.97 Å². The highest BCUT2D eigenvalue weighted by atomic mass is 16.5. The Morgan fingerprint density at radius 2 is 2.00 bits per heavy atom. The Bertz CT molecular complexity index is 484. The van der Waals surface area contributed by atoms with Crippen LogP contribution in [0.15, 0.2) is 36.4 Å². The van der Waals surface area contributed by atoms with Crippen LogP contribution < -0.4 is 0 Å². The molecule has 5 nitrogen and oxygen atoms in total. The van der Waals surface area contributed by atoms with Gasteiger partial charge in [-0.3, -0.25) is 9.59 Å². The second-order valence-corrected chi connectivity index (χ2v) is 4.76. The zero-order valence-electron chi connectivity index (χ0n) is 12.4. The number of nitrogens with zero attached hydrogens (tertiary/aromatic N) is 1. The van der Waals surface area contributed by atoms with Gasteiger partial charge in [-0.25, -0.2) is 0 Å². The van der Waals surface area contributed by atoms with Crippen LogP contribution in [0.25, 0.3) is 6.08 Å². The molecule has 1 rings (SSSR count). The molecule has 1 unspecified atom stereocenters. The number of hydrogen-bond acceptors (Lipinski definition) is 3. The molecular weight excluding hydrogens is 270 g/mol. The number of ether oxygens (including phenoxy) is 1. The van der Waals surface area contributed by atoms with Crippen molar-refractivity contribution in [2.75, 3.05) is 26.8 Å². The van der Waals surface area contributed by atoms with E-state index in [0.717, 1.165) is 5.56 Å². The molecule has 0 heterocycles. The summed E-state index contributed by atoms with van der Waals surface area (Å²) in [7, 11) is 1.54. The Hall–Kier alpha value is -2.14. The first-order valence-electron chi connectivity index (χ1n) is 6.78. The van der Waals surface area contributed by atoms with E-state index in [1.54, 1.807) is 20.1 Å². The summed E-state index contributed by atoms with van der Waals surface area (Å²) in [6.45, 7) is 2.48. The van der Waals surface area contributed by atoms with Crippen molar-refractivity contribution in [2.45, 2.75) is 6.92 Å². The lowest BCUT2D eigenvalue weighted by Gasteiger charge is -2.22. The summed E-state index contributed by atoms with van der Waals surface area (Å²) >= 11 is 0. The van der Waals surface area contributed by atoms with Gasteiger partial charge in [-0.05, 0) is 11.6 Å². The molecule has 1 N–H and O–H groups in total. The molecule has 0 aromatic heterocycles. The van der Waals surface area contributed by atoms with E-state index in [9.17, 15) is 9.59 Å². The van der Waals surface area contributed by atoms with Gasteiger partial charge in [0.05, 0.1) is 12.5 Å². The smallest absolute Gasteiger partial charge is 0.308 e. The number of aliphatic carboxylic acids is 1. The summed E-state index contributed by atoms with van der Waals surface area (Å²) in [4.78, 5) is 24.6. The molecule has 0 saturated carbocycles. The molecule has 21 heavy (non-hydrogen) atoms. The zero-order valence-corrected chi connectivity index (χ0v) is 12.4. The molecular formula is C16H21NO4. The van der Waals surface area contributed by atoms with Crippen LogP contribution in [-0.2, 0) is 14.3 Å². The highest BCUT2D eigenvalue weighted by Gasteiger charge is 2.18. The summed E-state index contributed by atoms with van der Waals surface area (Å²) in [5.74, 6) is -1.75. The quantitative estimate of drug-likeness (QED) is 0.743. The van der Waals surface area contributed by atoms with Gasteiger partial charge in [0.15, 0.2) is 0 Å². The van der Waals surface area contributed by atoms with Crippen molar-refractivity contribution < 1.29 is 19.4 Å². The number of carbonyl (C=O) groups is 2. The van der Waals surface area contributed by atoms with Gasteiger partial charge in [-0.1, -0.05) is 37.3 Å². The van der Waals surface area contributed by atoms with Crippen LogP contribution >= 0.6 is 0 Å². The predicted molar refractivity (Wildman–Crippen MR) is 80.7 cm³/mol. The molecule has 0 bridgehead atoms. The van der Waals surface area contributed by atoms with Gasteiger partial charge in [-0.2, -0.15) is 0 Å². The largest absolute Gasteiger partial charge is 0.481 e. The van der Waals surface area contributed by atoms with Crippen molar-refractivity contribution in [1.82, 2.24) is 4.90 Å². The standard InChI is InChI=1S/C16H21NO4/c1-13(16(19)20)12-17(10-11-21-2)15(18)9-8-14-6-4-3-5-7-14/h3-9,13H,10-12H2,1-2H3,(H,19,20)/b9-8+. The minimum Gasteiger partial charge on any atom is -0.481 e. The van der Waals surface area contributed by atoms with E-state index in [1.165, 1.54) is 11.0 Å². The number of rotatable bonds is 8. The Morgan fingerprint density at radius 1 is 1.33 bits per heavy atom. The topological polar surface area (TPSA) is 66.8 Å². The molecule has 0 aliphatic heterocycles. The van der Waals surface area contributed by atoms with E-state index in [2.05, 4.69) is 0 Å². The molecule has 0 fully saturated rings. The van der Waals surface area contributed by atoms with E-state index in [0.29, 0.717) is 13.2 Å². The van der Waals surface area contributed by atoms with Gasteiger partial charge in [0, 0.05) is 26.3 Å². The molecule has 1 aromatic rings. The number of carboxylic acids is 1. The lowest BCUT2D eigenvalue weighted by atomic mass is 10.1. The third kappa shape index (κ3) is 6.23. The fourth-order valence-corrected chi connectivity index (χ4v) is 1.74. The zero-order chi connectivity index (χ0) is 15.7. The molecule has 1 amide bonds. The minimum absolute atomic E-state index is 0.163. The number of methoxy groups -OCH3 is 1. The van der Waals surface area contributed by atoms with Crippen LogP contribution in [0.5, 0.6) is 0 Å². The summed E-state index contributed by atoms with van der Waals surface area (Å²) in [6, 6.07) is 9.46. The van der Waals surface area contributed by atoms with Gasteiger partial charge in [0.2, 0.25) is 5.91 Å². The van der Waals surface area contributed by atoms with E-state index < -0.39 is 11.9 Å². The molecule has 1 atom stereocenters. The second-order valence-electron chi connectivity index (χ2n) is 4.76. The van der Waals surface area contributed by atoms with E-state index in [4.69, 9.17) is 9.84 Å². The number of amides is 1. The van der Waals surface area contributed by atoms with Crippen molar-refractivity contribution in [3.63, 3.8) is 0 Å². The predicted octanol–water partition coefficient (Wildman–Crippen LogP) is 1.90. The Kier molecular flexibility index (Phi) is 7.18. The first kappa shape index (κ1) is 16.9. The number of carboxylic acid groups (broad SMARTS) is 1. The van der Waals surface area contributed by atoms with E-state index >= 15 is 0 Å². The highest BCUT2D eigenvalue weighted by molar-refractivity contribution is 5.92. The second kappa shape index (κ2) is 8.92. The maximum atomic E-state index is 12.2. The maximum Gasteiger partial charge on any atom is 0.308 e. The van der Waals surface area contributed by atoms with Gasteiger partial charge < -0.3 is 14.7 Å². The van der Waals surface area contributed by atoms with Crippen molar-refractivity contribution >= 4 is 18.0 Å². The lowest BCUT2D eigenvalue weighted by molar-refractivity contribution is -0.142. The lowest BCUT2D eigenvalue weighted by Crippen LogP contribution is -2.38. The van der Waals surface area contributed by atoms with Crippen molar-refractivity contribution in [1.29, 1.82) is 0 Å². The van der Waals surface area contributed by atoms with Crippen LogP contribution in [0, 0.1) is 5.92 Å². The number of hydrogen-bond donors (Lipinski definition) is 1. The molecule has 5 heteroatoms. The molecule has 1 aromatic carbocycles. The summed E-state index contributed by atoms with van der Waals surface area (Å²) < 4.78 is 4.96. The minimum atomic E-state index is -0.919. The monoisotopic (exact) mass is 291 g/mol. The summed E-state index contributed by atoms with van der Waals surface area (Å²) in [5.41, 5.74) is 0.920. The molecule has 0 radical (unpaired) electrons. The van der Waals surface area contributed by atoms with Crippen LogP contribution in [0.4, 0.5) is 0 Å². The van der Waals surface area contributed by atoms with Gasteiger partial charge in [0.1, 0.15) is 0 Å². The van der Waals surface area contributed by atoms with E-state index in [1.807, 2.05) is 30.3 Å². The third-order valence-electron chi connectivity index (χ3n) is 3.01. The number of carbonyl (C=O) groups excluding carboxylic acids is 1.